The molecule has 1 aromatic rings. The van der Waals surface area contributed by atoms with Crippen molar-refractivity contribution in [1.82, 2.24) is 4.90 Å². The van der Waals surface area contributed by atoms with Crippen molar-refractivity contribution in [2.75, 3.05) is 33.9 Å². The van der Waals surface area contributed by atoms with Gasteiger partial charge in [-0.3, -0.25) is 0 Å². The molecule has 4 heteroatoms. The lowest BCUT2D eigenvalue weighted by molar-refractivity contribution is 0.0268. The third-order valence-electron chi connectivity index (χ3n) is 4.29. The molecule has 0 aliphatic carbocycles. The molecule has 0 amide bonds. The minimum absolute atomic E-state index is 0.218. The lowest BCUT2D eigenvalue weighted by atomic mass is 9.88. The molecule has 2 atom stereocenters. The SMILES string of the molecule is CCCN1CCC(O)C(Cc2ccc(OC)cc2OC)C1. The highest BCUT2D eigenvalue weighted by Crippen LogP contribution is 2.29. The summed E-state index contributed by atoms with van der Waals surface area (Å²) in [5.41, 5.74) is 1.14. The van der Waals surface area contributed by atoms with E-state index >= 15 is 0 Å². The lowest BCUT2D eigenvalue weighted by Gasteiger charge is -2.36. The summed E-state index contributed by atoms with van der Waals surface area (Å²) in [5, 5.41) is 10.3. The van der Waals surface area contributed by atoms with Crippen molar-refractivity contribution in [2.24, 2.45) is 5.92 Å². The molecule has 2 rings (SSSR count). The fraction of sp³-hybridized carbons (Fsp3) is 0.647. The van der Waals surface area contributed by atoms with Crippen LogP contribution < -0.4 is 9.47 Å². The van der Waals surface area contributed by atoms with Crippen molar-refractivity contribution in [3.05, 3.63) is 23.8 Å². The van der Waals surface area contributed by atoms with E-state index in [2.05, 4.69) is 11.8 Å². The maximum Gasteiger partial charge on any atom is 0.125 e. The number of piperidine rings is 1. The molecule has 2 unspecified atom stereocenters. The van der Waals surface area contributed by atoms with Gasteiger partial charge in [-0.1, -0.05) is 13.0 Å². The van der Waals surface area contributed by atoms with Crippen LogP contribution in [0.5, 0.6) is 11.5 Å². The van der Waals surface area contributed by atoms with Crippen LogP contribution in [0, 0.1) is 5.92 Å². The zero-order chi connectivity index (χ0) is 15.2. The van der Waals surface area contributed by atoms with Gasteiger partial charge in [0, 0.05) is 25.1 Å². The molecular weight excluding hydrogens is 266 g/mol. The topological polar surface area (TPSA) is 41.9 Å². The van der Waals surface area contributed by atoms with Gasteiger partial charge in [0.05, 0.1) is 20.3 Å². The Labute approximate surface area is 127 Å². The van der Waals surface area contributed by atoms with Gasteiger partial charge in [-0.05, 0) is 37.4 Å². The fourth-order valence-electron chi connectivity index (χ4n) is 3.12. The molecule has 0 saturated carbocycles. The third-order valence-corrected chi connectivity index (χ3v) is 4.29. The van der Waals surface area contributed by atoms with Crippen LogP contribution in [0.15, 0.2) is 18.2 Å². The fourth-order valence-corrected chi connectivity index (χ4v) is 3.12. The molecule has 1 fully saturated rings. The maximum atomic E-state index is 10.3. The minimum atomic E-state index is -0.218. The molecule has 1 saturated heterocycles. The molecule has 1 N–H and O–H groups in total. The number of hydrogen-bond donors (Lipinski definition) is 1. The number of aliphatic hydroxyl groups is 1. The highest BCUT2D eigenvalue weighted by atomic mass is 16.5. The molecular formula is C17H27NO3. The average Bonchev–Trinajstić information content (AvgIpc) is 2.51. The number of likely N-dealkylation sites (tertiary alicyclic amines) is 1. The van der Waals surface area contributed by atoms with Crippen LogP contribution in [-0.2, 0) is 6.42 Å². The van der Waals surface area contributed by atoms with Crippen LogP contribution in [0.1, 0.15) is 25.3 Å². The monoisotopic (exact) mass is 293 g/mol. The van der Waals surface area contributed by atoms with E-state index in [0.717, 1.165) is 56.0 Å². The summed E-state index contributed by atoms with van der Waals surface area (Å²) >= 11 is 0. The van der Waals surface area contributed by atoms with Crippen LogP contribution in [0.2, 0.25) is 0 Å². The average molecular weight is 293 g/mol. The maximum absolute atomic E-state index is 10.3. The molecule has 4 nitrogen and oxygen atoms in total. The zero-order valence-corrected chi connectivity index (χ0v) is 13.3. The largest absolute Gasteiger partial charge is 0.497 e. The highest BCUT2D eigenvalue weighted by molar-refractivity contribution is 5.41. The van der Waals surface area contributed by atoms with Gasteiger partial charge in [0.1, 0.15) is 11.5 Å². The van der Waals surface area contributed by atoms with Gasteiger partial charge in [0.2, 0.25) is 0 Å². The van der Waals surface area contributed by atoms with E-state index in [0.29, 0.717) is 0 Å². The van der Waals surface area contributed by atoms with E-state index in [-0.39, 0.29) is 12.0 Å². The number of methoxy groups -OCH3 is 2. The highest BCUT2D eigenvalue weighted by Gasteiger charge is 2.28. The second-order valence-electron chi connectivity index (χ2n) is 5.80. The summed E-state index contributed by atoms with van der Waals surface area (Å²) in [6, 6.07) is 5.91. The Hall–Kier alpha value is -1.26. The number of rotatable bonds is 6. The molecule has 0 bridgehead atoms. The molecule has 0 aromatic heterocycles. The van der Waals surface area contributed by atoms with Crippen LogP contribution in [0.3, 0.4) is 0 Å². The van der Waals surface area contributed by atoms with Gasteiger partial charge < -0.3 is 19.5 Å². The van der Waals surface area contributed by atoms with Crippen LogP contribution >= 0.6 is 0 Å². The lowest BCUT2D eigenvalue weighted by Crippen LogP contribution is -2.44. The third kappa shape index (κ3) is 4.11. The van der Waals surface area contributed by atoms with Crippen molar-refractivity contribution in [1.29, 1.82) is 0 Å². The summed E-state index contributed by atoms with van der Waals surface area (Å²) in [7, 11) is 3.33. The quantitative estimate of drug-likeness (QED) is 0.874. The van der Waals surface area contributed by atoms with Gasteiger partial charge in [-0.15, -0.1) is 0 Å². The van der Waals surface area contributed by atoms with E-state index in [1.54, 1.807) is 14.2 Å². The van der Waals surface area contributed by atoms with Crippen molar-refractivity contribution in [3.63, 3.8) is 0 Å². The second kappa shape index (κ2) is 7.66. The molecule has 1 heterocycles. The first-order chi connectivity index (χ1) is 10.2. The Morgan fingerprint density at radius 2 is 2.10 bits per heavy atom. The predicted molar refractivity (Wildman–Crippen MR) is 84.1 cm³/mol. The summed E-state index contributed by atoms with van der Waals surface area (Å²) in [4.78, 5) is 2.45. The number of benzene rings is 1. The number of nitrogens with zero attached hydrogens (tertiary/aromatic N) is 1. The van der Waals surface area contributed by atoms with Crippen LogP contribution in [0.25, 0.3) is 0 Å². The van der Waals surface area contributed by atoms with Gasteiger partial charge in [-0.25, -0.2) is 0 Å². The van der Waals surface area contributed by atoms with Crippen LogP contribution in [0.4, 0.5) is 0 Å². The number of ether oxygens (including phenoxy) is 2. The molecule has 21 heavy (non-hydrogen) atoms. The number of hydrogen-bond acceptors (Lipinski definition) is 4. The summed E-state index contributed by atoms with van der Waals surface area (Å²) < 4.78 is 10.7. The van der Waals surface area contributed by atoms with Crippen molar-refractivity contribution >= 4 is 0 Å². The van der Waals surface area contributed by atoms with Gasteiger partial charge in [-0.2, -0.15) is 0 Å². The Morgan fingerprint density at radius 3 is 2.76 bits per heavy atom. The first-order valence-corrected chi connectivity index (χ1v) is 7.79. The van der Waals surface area contributed by atoms with E-state index in [1.165, 1.54) is 0 Å². The van der Waals surface area contributed by atoms with Gasteiger partial charge in [0.15, 0.2) is 0 Å². The first-order valence-electron chi connectivity index (χ1n) is 7.79. The van der Waals surface area contributed by atoms with E-state index in [9.17, 15) is 5.11 Å². The standard InChI is InChI=1S/C17H27NO3/c1-4-8-18-9-7-16(19)14(12-18)10-13-5-6-15(20-2)11-17(13)21-3/h5-6,11,14,16,19H,4,7-10,12H2,1-3H3. The zero-order valence-electron chi connectivity index (χ0n) is 13.3. The molecule has 118 valence electrons. The van der Waals surface area contributed by atoms with E-state index < -0.39 is 0 Å². The number of aliphatic hydroxyl groups excluding tert-OH is 1. The first kappa shape index (κ1) is 16.1. The van der Waals surface area contributed by atoms with Crippen LogP contribution in [-0.4, -0.2) is 50.0 Å². The second-order valence-corrected chi connectivity index (χ2v) is 5.80. The summed E-state index contributed by atoms with van der Waals surface area (Å²) in [6.45, 7) is 5.28. The van der Waals surface area contributed by atoms with Crippen molar-refractivity contribution < 1.29 is 14.6 Å². The predicted octanol–water partition coefficient (Wildman–Crippen LogP) is 2.34. The van der Waals surface area contributed by atoms with Crippen molar-refractivity contribution in [2.45, 2.75) is 32.3 Å². The Kier molecular flexibility index (Phi) is 5.88. The van der Waals surface area contributed by atoms with Crippen molar-refractivity contribution in [3.8, 4) is 11.5 Å². The Bertz CT molecular complexity index is 450. The molecule has 1 aliphatic rings. The Morgan fingerprint density at radius 1 is 1.29 bits per heavy atom. The molecule has 1 aromatic carbocycles. The normalized spacial score (nSPS) is 23.0. The van der Waals surface area contributed by atoms with Gasteiger partial charge in [0.25, 0.3) is 0 Å². The van der Waals surface area contributed by atoms with E-state index in [1.807, 2.05) is 18.2 Å². The summed E-state index contributed by atoms with van der Waals surface area (Å²) in [6.07, 6.45) is 2.65. The summed E-state index contributed by atoms with van der Waals surface area (Å²) in [5.74, 6) is 1.91. The minimum Gasteiger partial charge on any atom is -0.497 e. The molecule has 1 aliphatic heterocycles. The van der Waals surface area contributed by atoms with Gasteiger partial charge >= 0.3 is 0 Å². The Balaban J connectivity index is 2.08. The smallest absolute Gasteiger partial charge is 0.125 e. The molecule has 0 radical (unpaired) electrons. The molecule has 0 spiro atoms. The van der Waals surface area contributed by atoms with E-state index in [4.69, 9.17) is 9.47 Å².